The van der Waals surface area contributed by atoms with Crippen molar-refractivity contribution in [3.63, 3.8) is 0 Å². The van der Waals surface area contributed by atoms with E-state index in [1.54, 1.807) is 22.9 Å². The maximum absolute atomic E-state index is 13.5. The fourth-order valence-electron chi connectivity index (χ4n) is 3.54. The van der Waals surface area contributed by atoms with Crippen molar-refractivity contribution in [3.8, 4) is 22.6 Å². The number of nitrogens with zero attached hydrogens (tertiary/aromatic N) is 3. The first-order valence-corrected chi connectivity index (χ1v) is 9.66. The maximum Gasteiger partial charge on any atom is 0.259 e. The average Bonchev–Trinajstić information content (AvgIpc) is 3.09. The van der Waals surface area contributed by atoms with E-state index < -0.39 is 0 Å². The molecule has 0 saturated carbocycles. The number of fused-ring (bicyclic) bond motifs is 3. The molecule has 29 heavy (non-hydrogen) atoms. The molecule has 4 aromatic rings. The van der Waals surface area contributed by atoms with Gasteiger partial charge in [0, 0.05) is 29.8 Å². The minimum absolute atomic E-state index is 0.237. The lowest BCUT2D eigenvalue weighted by atomic mass is 10.0. The molecule has 1 aromatic carbocycles. The number of hydrogen-bond acceptors (Lipinski definition) is 5. The normalized spacial score (nSPS) is 11.4. The Hall–Kier alpha value is -2.77. The fraction of sp³-hybridized carbons (Fsp3) is 0.250. The van der Waals surface area contributed by atoms with Crippen molar-refractivity contribution >= 4 is 45.3 Å². The van der Waals surface area contributed by atoms with Crippen LogP contribution >= 0.6 is 23.2 Å². The van der Waals surface area contributed by atoms with E-state index in [4.69, 9.17) is 32.7 Å². The zero-order valence-electron chi connectivity index (χ0n) is 16.3. The summed E-state index contributed by atoms with van der Waals surface area (Å²) in [7, 11) is 2.98. The van der Waals surface area contributed by atoms with Crippen LogP contribution < -0.4 is 15.0 Å². The lowest BCUT2D eigenvalue weighted by Gasteiger charge is -2.16. The van der Waals surface area contributed by atoms with Gasteiger partial charge in [-0.05, 0) is 19.9 Å². The van der Waals surface area contributed by atoms with Crippen molar-refractivity contribution in [1.29, 1.82) is 0 Å². The van der Waals surface area contributed by atoms with Gasteiger partial charge in [-0.3, -0.25) is 4.79 Å². The summed E-state index contributed by atoms with van der Waals surface area (Å²) < 4.78 is 12.3. The second-order valence-corrected chi connectivity index (χ2v) is 7.23. The van der Waals surface area contributed by atoms with Gasteiger partial charge in [0.25, 0.3) is 5.56 Å². The summed E-state index contributed by atoms with van der Waals surface area (Å²) >= 11 is 13.1. The Bertz CT molecular complexity index is 1300. The molecule has 0 spiro atoms. The summed E-state index contributed by atoms with van der Waals surface area (Å²) in [5.74, 6) is 1.45. The van der Waals surface area contributed by atoms with Crippen molar-refractivity contribution in [2.45, 2.75) is 20.4 Å². The second kappa shape index (κ2) is 7.24. The summed E-state index contributed by atoms with van der Waals surface area (Å²) in [5.41, 5.74) is 2.46. The fourth-order valence-corrected chi connectivity index (χ4v) is 4.24. The molecule has 9 heteroatoms. The molecule has 0 amide bonds. The Kier molecular flexibility index (Phi) is 4.88. The van der Waals surface area contributed by atoms with Crippen LogP contribution in [0.4, 0.5) is 0 Å². The SMILES string of the molecule is CCn1c(=O)c(-c2c(Cl)c(OC)cc(OC)c2Cl)cc2cnc3nc(C)[nH]c3c21. The third kappa shape index (κ3) is 2.92. The number of pyridine rings is 2. The molecule has 0 atom stereocenters. The molecule has 7 nitrogen and oxygen atoms in total. The molecular weight excluding hydrogens is 415 g/mol. The molecule has 0 unspecified atom stereocenters. The van der Waals surface area contributed by atoms with E-state index in [1.807, 2.05) is 13.8 Å². The zero-order chi connectivity index (χ0) is 20.9. The smallest absolute Gasteiger partial charge is 0.259 e. The highest BCUT2D eigenvalue weighted by Crippen LogP contribution is 2.45. The summed E-state index contributed by atoms with van der Waals surface area (Å²) in [4.78, 5) is 25.4. The van der Waals surface area contributed by atoms with Gasteiger partial charge in [-0.2, -0.15) is 0 Å². The van der Waals surface area contributed by atoms with Crippen LogP contribution in [0.25, 0.3) is 33.2 Å². The van der Waals surface area contributed by atoms with Gasteiger partial charge in [0.2, 0.25) is 0 Å². The van der Waals surface area contributed by atoms with Crippen LogP contribution in [-0.2, 0) is 6.54 Å². The van der Waals surface area contributed by atoms with E-state index in [1.165, 1.54) is 14.2 Å². The number of aromatic amines is 1. The number of aromatic nitrogens is 4. The highest BCUT2D eigenvalue weighted by molar-refractivity contribution is 6.41. The third-order valence-electron chi connectivity index (χ3n) is 4.84. The van der Waals surface area contributed by atoms with Crippen LogP contribution in [0.3, 0.4) is 0 Å². The standard InChI is InChI=1S/C20H18Cl2N4O3/c1-5-26-18-10(8-23-19-17(18)24-9(2)25-19)6-11(20(26)27)14-15(21)12(28-3)7-13(29-4)16(14)22/h6-8H,5H2,1-4H3,(H,23,24,25). The minimum atomic E-state index is -0.237. The first-order chi connectivity index (χ1) is 13.9. The van der Waals surface area contributed by atoms with E-state index in [0.717, 1.165) is 16.7 Å². The molecule has 0 aliphatic carbocycles. The van der Waals surface area contributed by atoms with Crippen LogP contribution in [0, 0.1) is 6.92 Å². The largest absolute Gasteiger partial charge is 0.495 e. The third-order valence-corrected chi connectivity index (χ3v) is 5.59. The first-order valence-electron chi connectivity index (χ1n) is 8.90. The molecule has 0 radical (unpaired) electrons. The Morgan fingerprint density at radius 1 is 1.14 bits per heavy atom. The molecule has 0 bridgehead atoms. The average molecular weight is 433 g/mol. The number of rotatable bonds is 4. The van der Waals surface area contributed by atoms with E-state index in [0.29, 0.717) is 40.3 Å². The molecule has 0 saturated heterocycles. The highest BCUT2D eigenvalue weighted by atomic mass is 35.5. The van der Waals surface area contributed by atoms with Crippen molar-refractivity contribution in [2.24, 2.45) is 0 Å². The van der Waals surface area contributed by atoms with Gasteiger partial charge in [0.05, 0.1) is 35.3 Å². The number of aryl methyl sites for hydroxylation is 2. The van der Waals surface area contributed by atoms with Crippen LogP contribution in [0.1, 0.15) is 12.7 Å². The number of hydrogen-bond donors (Lipinski definition) is 1. The molecular formula is C20H18Cl2N4O3. The summed E-state index contributed by atoms with van der Waals surface area (Å²) in [5, 5.41) is 1.24. The molecule has 3 aromatic heterocycles. The molecule has 0 fully saturated rings. The summed E-state index contributed by atoms with van der Waals surface area (Å²) in [6.45, 7) is 4.19. The van der Waals surface area contributed by atoms with Gasteiger partial charge in [0.15, 0.2) is 5.65 Å². The van der Waals surface area contributed by atoms with Gasteiger partial charge in [-0.1, -0.05) is 23.2 Å². The van der Waals surface area contributed by atoms with Crippen LogP contribution in [0.2, 0.25) is 10.0 Å². The van der Waals surface area contributed by atoms with Gasteiger partial charge in [0.1, 0.15) is 22.8 Å². The lowest BCUT2D eigenvalue weighted by Crippen LogP contribution is -2.22. The molecule has 3 heterocycles. The number of methoxy groups -OCH3 is 2. The Labute approximate surface area is 176 Å². The van der Waals surface area contributed by atoms with Crippen LogP contribution in [0.5, 0.6) is 11.5 Å². The van der Waals surface area contributed by atoms with Crippen LogP contribution in [0.15, 0.2) is 23.1 Å². The minimum Gasteiger partial charge on any atom is -0.495 e. The van der Waals surface area contributed by atoms with E-state index in [2.05, 4.69) is 15.0 Å². The first kappa shape index (κ1) is 19.5. The molecule has 1 N–H and O–H groups in total. The van der Waals surface area contributed by atoms with Crippen LogP contribution in [-0.4, -0.2) is 33.7 Å². The molecule has 0 aliphatic rings. The highest BCUT2D eigenvalue weighted by Gasteiger charge is 2.23. The van der Waals surface area contributed by atoms with Crippen molar-refractivity contribution in [3.05, 3.63) is 44.6 Å². The number of ether oxygens (including phenoxy) is 2. The molecule has 0 aliphatic heterocycles. The number of H-pyrrole nitrogens is 1. The van der Waals surface area contributed by atoms with Crippen molar-refractivity contribution in [1.82, 2.24) is 19.5 Å². The van der Waals surface area contributed by atoms with E-state index in [-0.39, 0.29) is 15.6 Å². The van der Waals surface area contributed by atoms with E-state index in [9.17, 15) is 4.79 Å². The molecule has 150 valence electrons. The summed E-state index contributed by atoms with van der Waals surface area (Å²) in [6.07, 6.45) is 1.69. The number of imidazole rings is 1. The topological polar surface area (TPSA) is 82.0 Å². The number of benzene rings is 1. The van der Waals surface area contributed by atoms with Crippen molar-refractivity contribution < 1.29 is 9.47 Å². The Morgan fingerprint density at radius 3 is 2.38 bits per heavy atom. The van der Waals surface area contributed by atoms with Crippen molar-refractivity contribution in [2.75, 3.05) is 14.2 Å². The maximum atomic E-state index is 13.5. The van der Waals surface area contributed by atoms with Gasteiger partial charge in [-0.25, -0.2) is 9.97 Å². The molecule has 4 rings (SSSR count). The Balaban J connectivity index is 2.16. The quantitative estimate of drug-likeness (QED) is 0.509. The number of halogens is 2. The number of nitrogens with one attached hydrogen (secondary N) is 1. The second-order valence-electron chi connectivity index (χ2n) is 6.47. The zero-order valence-corrected chi connectivity index (χ0v) is 17.8. The lowest BCUT2D eigenvalue weighted by molar-refractivity contribution is 0.395. The Morgan fingerprint density at radius 2 is 1.79 bits per heavy atom. The predicted molar refractivity (Wildman–Crippen MR) is 115 cm³/mol. The predicted octanol–water partition coefficient (Wildman–Crippen LogP) is 4.59. The van der Waals surface area contributed by atoms with Gasteiger partial charge in [-0.15, -0.1) is 0 Å². The van der Waals surface area contributed by atoms with Gasteiger partial charge < -0.3 is 19.0 Å². The monoisotopic (exact) mass is 432 g/mol. The summed E-state index contributed by atoms with van der Waals surface area (Å²) in [6, 6.07) is 3.32. The van der Waals surface area contributed by atoms with Gasteiger partial charge >= 0.3 is 0 Å². The van der Waals surface area contributed by atoms with E-state index >= 15 is 0 Å².